The van der Waals surface area contributed by atoms with Gasteiger partial charge in [0.25, 0.3) is 0 Å². The van der Waals surface area contributed by atoms with E-state index in [1.54, 1.807) is 0 Å². The molecule has 0 rings (SSSR count). The average molecular weight is 426 g/mol. The summed E-state index contributed by atoms with van der Waals surface area (Å²) in [6, 6.07) is 0. The molecular weight excluding hydrogens is 402 g/mol. The van der Waals surface area contributed by atoms with Crippen LogP contribution in [0, 0.1) is 0 Å². The highest BCUT2D eigenvalue weighted by molar-refractivity contribution is 14.1. The normalized spacial score (nSPS) is 11.6. The van der Waals surface area contributed by atoms with Gasteiger partial charge in [-0.05, 0) is 20.0 Å². The lowest BCUT2D eigenvalue weighted by molar-refractivity contribution is -0.870. The van der Waals surface area contributed by atoms with Crippen molar-refractivity contribution in [3.8, 4) is 0 Å². The highest BCUT2D eigenvalue weighted by Crippen LogP contribution is 1.97. The Morgan fingerprint density at radius 2 is 1.57 bits per heavy atom. The fourth-order valence-electron chi connectivity index (χ4n) is 1.26. The van der Waals surface area contributed by atoms with Gasteiger partial charge in [-0.15, -0.1) is 0 Å². The van der Waals surface area contributed by atoms with Gasteiger partial charge in [-0.2, -0.15) is 0 Å². The molecule has 0 saturated carbocycles. The quantitative estimate of drug-likeness (QED) is 0.282. The van der Waals surface area contributed by atoms with Gasteiger partial charge in [0.1, 0.15) is 0 Å². The molecule has 0 amide bonds. The zero-order valence-corrected chi connectivity index (χ0v) is 14.2. The second kappa shape index (κ2) is 9.59. The summed E-state index contributed by atoms with van der Waals surface area (Å²) in [4.78, 5) is 2.44. The van der Waals surface area contributed by atoms with E-state index in [1.165, 1.54) is 36.9 Å². The van der Waals surface area contributed by atoms with Crippen molar-refractivity contribution in [3.05, 3.63) is 0 Å². The van der Waals surface area contributed by atoms with E-state index in [-0.39, 0.29) is 24.0 Å². The fourth-order valence-corrected chi connectivity index (χ4v) is 1.60. The Hall–Kier alpha value is 1.38. The summed E-state index contributed by atoms with van der Waals surface area (Å²) in [6.45, 7) is 3.76. The lowest BCUT2D eigenvalue weighted by Gasteiger charge is -2.25. The molecule has 0 aliphatic rings. The summed E-state index contributed by atoms with van der Waals surface area (Å²) >= 11 is 2.44. The molecule has 2 nitrogen and oxygen atoms in total. The van der Waals surface area contributed by atoms with Crippen molar-refractivity contribution in [2.75, 3.05) is 52.3 Å². The summed E-state index contributed by atoms with van der Waals surface area (Å²) < 4.78 is 2.36. The molecule has 4 heteroatoms. The highest BCUT2D eigenvalue weighted by atomic mass is 127. The smallest absolute Gasteiger partial charge is 0.0792 e. The van der Waals surface area contributed by atoms with Crippen LogP contribution in [0.4, 0.5) is 0 Å². The number of nitrogens with zero attached hydrogens (tertiary/aromatic N) is 2. The summed E-state index contributed by atoms with van der Waals surface area (Å²) in [5.74, 6) is 0. The Morgan fingerprint density at radius 1 is 1.07 bits per heavy atom. The average Bonchev–Trinajstić information content (AvgIpc) is 1.98. The maximum absolute atomic E-state index is 2.44. The van der Waals surface area contributed by atoms with Gasteiger partial charge in [0, 0.05) is 17.4 Å². The summed E-state index contributed by atoms with van der Waals surface area (Å²) in [5.41, 5.74) is 0. The molecule has 0 unspecified atom stereocenters. The van der Waals surface area contributed by atoms with E-state index in [2.05, 4.69) is 55.7 Å². The van der Waals surface area contributed by atoms with Gasteiger partial charge in [-0.25, -0.2) is 0 Å². The zero-order valence-electron chi connectivity index (χ0n) is 9.89. The molecule has 0 aliphatic heterocycles. The number of rotatable bonds is 7. The molecular formula is C10H24I2N2. The Labute approximate surface area is 120 Å². The molecule has 0 N–H and O–H groups in total. The van der Waals surface area contributed by atoms with Crippen LogP contribution in [0.3, 0.4) is 0 Å². The number of quaternary nitrogens is 1. The van der Waals surface area contributed by atoms with Crippen molar-refractivity contribution >= 4 is 22.6 Å². The molecule has 88 valence electrons. The number of alkyl halides is 1. The van der Waals surface area contributed by atoms with Crippen LogP contribution >= 0.6 is 22.6 Å². The van der Waals surface area contributed by atoms with Gasteiger partial charge < -0.3 is 33.4 Å². The standard InChI is InChI=1S/C10H24IN2.HI/c1-12(8-5-7-11)9-6-10-13(2,3)4;/h5-10H2,1-4H3;1H/q+1;/p-1. The molecule has 0 aromatic rings. The number of hydrogen-bond donors (Lipinski definition) is 0. The second-order valence-electron chi connectivity index (χ2n) is 4.71. The summed E-state index contributed by atoms with van der Waals surface area (Å²) in [5, 5.41) is 0. The minimum atomic E-state index is 0. The fraction of sp³-hybridized carbons (Fsp3) is 1.00. The van der Waals surface area contributed by atoms with Crippen LogP contribution in [-0.4, -0.2) is 61.6 Å². The van der Waals surface area contributed by atoms with Gasteiger partial charge in [-0.1, -0.05) is 22.6 Å². The van der Waals surface area contributed by atoms with E-state index in [0.717, 1.165) is 4.48 Å². The third-order valence-corrected chi connectivity index (χ3v) is 2.81. The van der Waals surface area contributed by atoms with Crippen LogP contribution < -0.4 is 24.0 Å². The Kier molecular flexibility index (Phi) is 12.2. The second-order valence-corrected chi connectivity index (χ2v) is 5.79. The Balaban J connectivity index is 0. The lowest BCUT2D eigenvalue weighted by Crippen LogP contribution is -3.00. The van der Waals surface area contributed by atoms with Crippen LogP contribution in [0.15, 0.2) is 0 Å². The van der Waals surface area contributed by atoms with Crippen molar-refractivity contribution in [1.29, 1.82) is 0 Å². The summed E-state index contributed by atoms with van der Waals surface area (Å²) in [6.07, 6.45) is 2.63. The number of halogens is 2. The SMILES string of the molecule is CN(CCCI)CCC[N+](C)(C)C.[I-]. The minimum Gasteiger partial charge on any atom is -1.00 e. The Morgan fingerprint density at radius 3 is 2.00 bits per heavy atom. The van der Waals surface area contributed by atoms with Crippen molar-refractivity contribution in [3.63, 3.8) is 0 Å². The van der Waals surface area contributed by atoms with Crippen molar-refractivity contribution < 1.29 is 28.5 Å². The summed E-state index contributed by atoms with van der Waals surface area (Å²) in [7, 11) is 8.99. The predicted octanol–water partition coefficient (Wildman–Crippen LogP) is -1.16. The van der Waals surface area contributed by atoms with Crippen molar-refractivity contribution in [2.24, 2.45) is 0 Å². The zero-order chi connectivity index (χ0) is 10.3. The van der Waals surface area contributed by atoms with Gasteiger partial charge in [0.2, 0.25) is 0 Å². The largest absolute Gasteiger partial charge is 1.00 e. The molecule has 0 aromatic carbocycles. The molecule has 0 heterocycles. The third kappa shape index (κ3) is 13.4. The van der Waals surface area contributed by atoms with Crippen molar-refractivity contribution in [1.82, 2.24) is 4.90 Å². The van der Waals surface area contributed by atoms with E-state index in [0.29, 0.717) is 0 Å². The molecule has 14 heavy (non-hydrogen) atoms. The first-order chi connectivity index (χ1) is 5.95. The molecule has 0 bridgehead atoms. The van der Waals surface area contributed by atoms with Gasteiger partial charge in [-0.3, -0.25) is 0 Å². The molecule has 0 aromatic heterocycles. The lowest BCUT2D eigenvalue weighted by atomic mass is 10.3. The van der Waals surface area contributed by atoms with Crippen LogP contribution in [0.5, 0.6) is 0 Å². The monoisotopic (exact) mass is 426 g/mol. The predicted molar refractivity (Wildman–Crippen MR) is 68.5 cm³/mol. The molecule has 0 atom stereocenters. The van der Waals surface area contributed by atoms with Crippen LogP contribution in [0.2, 0.25) is 0 Å². The number of hydrogen-bond acceptors (Lipinski definition) is 1. The highest BCUT2D eigenvalue weighted by Gasteiger charge is 2.06. The van der Waals surface area contributed by atoms with E-state index >= 15 is 0 Å². The first-order valence-electron chi connectivity index (χ1n) is 5.00. The molecule has 0 spiro atoms. The van der Waals surface area contributed by atoms with Crippen LogP contribution in [-0.2, 0) is 0 Å². The van der Waals surface area contributed by atoms with Crippen LogP contribution in [0.25, 0.3) is 0 Å². The van der Waals surface area contributed by atoms with E-state index in [1.807, 2.05) is 0 Å². The van der Waals surface area contributed by atoms with E-state index in [4.69, 9.17) is 0 Å². The Bertz CT molecular complexity index is 124. The van der Waals surface area contributed by atoms with Gasteiger partial charge >= 0.3 is 0 Å². The first kappa shape index (κ1) is 17.8. The minimum absolute atomic E-state index is 0. The molecule has 0 aliphatic carbocycles. The topological polar surface area (TPSA) is 3.24 Å². The molecule has 0 saturated heterocycles. The van der Waals surface area contributed by atoms with Crippen molar-refractivity contribution in [2.45, 2.75) is 12.8 Å². The molecule has 0 fully saturated rings. The first-order valence-corrected chi connectivity index (χ1v) is 6.53. The van der Waals surface area contributed by atoms with E-state index < -0.39 is 0 Å². The van der Waals surface area contributed by atoms with Gasteiger partial charge in [0.15, 0.2) is 0 Å². The third-order valence-electron chi connectivity index (χ3n) is 2.04. The van der Waals surface area contributed by atoms with Crippen LogP contribution in [0.1, 0.15) is 12.8 Å². The maximum Gasteiger partial charge on any atom is 0.0792 e. The maximum atomic E-state index is 2.44. The van der Waals surface area contributed by atoms with E-state index in [9.17, 15) is 0 Å². The van der Waals surface area contributed by atoms with Gasteiger partial charge in [0.05, 0.1) is 27.7 Å². The molecule has 0 radical (unpaired) electrons.